The molecule has 0 heterocycles. The van der Waals surface area contributed by atoms with Gasteiger partial charge in [-0.25, -0.2) is 4.79 Å². The minimum atomic E-state index is -0.552. The molecule has 0 aromatic heterocycles. The van der Waals surface area contributed by atoms with Crippen LogP contribution in [0.5, 0.6) is 0 Å². The van der Waals surface area contributed by atoms with Crippen LogP contribution >= 0.6 is 23.5 Å². The van der Waals surface area contributed by atoms with Gasteiger partial charge in [0.05, 0.1) is 5.56 Å². The fourth-order valence-corrected chi connectivity index (χ4v) is 7.18. The number of carbonyl (C=O) groups excluding carboxylic acids is 1. The number of esters is 1. The van der Waals surface area contributed by atoms with Crippen LogP contribution in [0.25, 0.3) is 0 Å². The molecule has 0 aliphatic rings. The van der Waals surface area contributed by atoms with Crippen molar-refractivity contribution in [3.63, 3.8) is 0 Å². The Bertz CT molecular complexity index is 1270. The molecule has 0 saturated carbocycles. The molecule has 40 heavy (non-hydrogen) atoms. The fraction of sp³-hybridized carbons (Fsp3) is 0.306. The third-order valence-corrected chi connectivity index (χ3v) is 9.06. The Morgan fingerprint density at radius 2 is 1.10 bits per heavy atom. The van der Waals surface area contributed by atoms with Crippen LogP contribution in [-0.2, 0) is 16.6 Å². The van der Waals surface area contributed by atoms with Gasteiger partial charge in [0.25, 0.3) is 0 Å². The van der Waals surface area contributed by atoms with Crippen molar-refractivity contribution in [3.8, 4) is 0 Å². The maximum absolute atomic E-state index is 13.6. The first kappa shape index (κ1) is 30.0. The van der Waals surface area contributed by atoms with Gasteiger partial charge in [-0.05, 0) is 105 Å². The molecule has 4 aromatic rings. The highest BCUT2D eigenvalue weighted by atomic mass is 32.2. The van der Waals surface area contributed by atoms with Crippen molar-refractivity contribution in [3.05, 3.63) is 132 Å². The first-order chi connectivity index (χ1) is 19.3. The van der Waals surface area contributed by atoms with E-state index >= 15 is 0 Å². The smallest absolute Gasteiger partial charge is 0.338 e. The average Bonchev–Trinajstić information content (AvgIpc) is 2.96. The molecule has 0 bridgehead atoms. The van der Waals surface area contributed by atoms with Crippen LogP contribution in [0.3, 0.4) is 0 Å². The zero-order valence-electron chi connectivity index (χ0n) is 23.8. The van der Waals surface area contributed by atoms with Crippen LogP contribution in [-0.4, -0.2) is 23.1 Å². The number of rotatable bonds is 13. The van der Waals surface area contributed by atoms with Gasteiger partial charge in [0, 0.05) is 9.79 Å². The normalized spacial score (nSPS) is 11.8. The van der Waals surface area contributed by atoms with E-state index in [1.165, 1.54) is 15.4 Å². The molecule has 0 fully saturated rings. The van der Waals surface area contributed by atoms with Gasteiger partial charge in [0.1, 0.15) is 5.60 Å². The lowest BCUT2D eigenvalue weighted by atomic mass is 9.70. The molecule has 0 saturated heterocycles. The molecule has 0 aliphatic carbocycles. The van der Waals surface area contributed by atoms with Gasteiger partial charge in [-0.1, -0.05) is 84.9 Å². The summed E-state index contributed by atoms with van der Waals surface area (Å²) in [5, 5.41) is 0. The van der Waals surface area contributed by atoms with E-state index in [1.807, 2.05) is 56.4 Å². The molecule has 0 radical (unpaired) electrons. The van der Waals surface area contributed by atoms with Gasteiger partial charge in [0.2, 0.25) is 0 Å². The van der Waals surface area contributed by atoms with Gasteiger partial charge in [0.15, 0.2) is 0 Å². The number of benzene rings is 4. The van der Waals surface area contributed by atoms with Crippen LogP contribution < -0.4 is 0 Å². The Morgan fingerprint density at radius 3 is 1.62 bits per heavy atom. The Morgan fingerprint density at radius 1 is 0.625 bits per heavy atom. The van der Waals surface area contributed by atoms with Crippen molar-refractivity contribution >= 4 is 29.5 Å². The molecule has 0 N–H and O–H groups in total. The molecule has 4 aromatic carbocycles. The van der Waals surface area contributed by atoms with Crippen LogP contribution in [0.15, 0.2) is 125 Å². The summed E-state index contributed by atoms with van der Waals surface area (Å²) in [6, 6.07) is 40.1. The van der Waals surface area contributed by atoms with E-state index in [0.29, 0.717) is 5.56 Å². The quantitative estimate of drug-likeness (QED) is 0.118. The Labute approximate surface area is 249 Å². The predicted molar refractivity (Wildman–Crippen MR) is 172 cm³/mol. The van der Waals surface area contributed by atoms with Crippen LogP contribution in [0.1, 0.15) is 61.5 Å². The predicted octanol–water partition coefficient (Wildman–Crippen LogP) is 9.88. The molecule has 0 spiro atoms. The largest absolute Gasteiger partial charge is 0.456 e. The summed E-state index contributed by atoms with van der Waals surface area (Å²) in [4.78, 5) is 16.1. The zero-order chi connectivity index (χ0) is 28.3. The van der Waals surface area contributed by atoms with E-state index < -0.39 is 5.60 Å². The number of thioether (sulfide) groups is 2. The SMILES string of the molecule is CC(C)(C)OC(=O)c1ccccc1C(CCSc1ccccc1)(CCSc1ccccc1)CCc1ccccc1. The van der Waals surface area contributed by atoms with E-state index in [1.54, 1.807) is 0 Å². The standard InChI is InChI=1S/C36H40O2S2/c1-35(2,3)38-34(37)32-21-13-14-22-33(32)36(24-23-29-15-7-4-8-16-29,25-27-39-30-17-9-5-10-18-30)26-28-40-31-19-11-6-12-20-31/h4-22H,23-28H2,1-3H3. The molecule has 4 heteroatoms. The molecule has 0 amide bonds. The number of carbonyl (C=O) groups is 1. The monoisotopic (exact) mass is 568 g/mol. The zero-order valence-corrected chi connectivity index (χ0v) is 25.5. The van der Waals surface area contributed by atoms with Gasteiger partial charge in [-0.3, -0.25) is 0 Å². The molecule has 2 nitrogen and oxygen atoms in total. The Balaban J connectivity index is 1.70. The second-order valence-corrected chi connectivity index (χ2v) is 13.5. The molecular formula is C36H40O2S2. The summed E-state index contributed by atoms with van der Waals surface area (Å²) in [6.45, 7) is 5.80. The van der Waals surface area contributed by atoms with Crippen LogP contribution in [0.2, 0.25) is 0 Å². The number of hydrogen-bond acceptors (Lipinski definition) is 4. The second kappa shape index (κ2) is 14.6. The van der Waals surface area contributed by atoms with Crippen LogP contribution in [0, 0.1) is 0 Å². The highest BCUT2D eigenvalue weighted by Crippen LogP contribution is 2.42. The Hall–Kier alpha value is -2.95. The number of hydrogen-bond donors (Lipinski definition) is 0. The lowest BCUT2D eigenvalue weighted by Gasteiger charge is -2.37. The molecule has 4 rings (SSSR count). The lowest BCUT2D eigenvalue weighted by Crippen LogP contribution is -2.33. The molecule has 0 aliphatic heterocycles. The molecule has 208 valence electrons. The van der Waals surface area contributed by atoms with E-state index in [2.05, 4.69) is 103 Å². The minimum Gasteiger partial charge on any atom is -0.456 e. The van der Waals surface area contributed by atoms with Crippen molar-refractivity contribution in [1.82, 2.24) is 0 Å². The third-order valence-electron chi connectivity index (χ3n) is 7.04. The van der Waals surface area contributed by atoms with Crippen molar-refractivity contribution in [2.24, 2.45) is 0 Å². The summed E-state index contributed by atoms with van der Waals surface area (Å²) >= 11 is 3.79. The average molecular weight is 569 g/mol. The van der Waals surface area contributed by atoms with Gasteiger partial charge in [-0.15, -0.1) is 23.5 Å². The second-order valence-electron chi connectivity index (χ2n) is 11.1. The topological polar surface area (TPSA) is 26.3 Å². The highest BCUT2D eigenvalue weighted by Gasteiger charge is 2.36. The maximum Gasteiger partial charge on any atom is 0.338 e. The molecule has 0 atom stereocenters. The van der Waals surface area contributed by atoms with Crippen molar-refractivity contribution in [1.29, 1.82) is 0 Å². The fourth-order valence-electron chi connectivity index (χ4n) is 5.03. The van der Waals surface area contributed by atoms with Gasteiger partial charge >= 0.3 is 5.97 Å². The molecule has 0 unspecified atom stereocenters. The number of ether oxygens (including phenoxy) is 1. The summed E-state index contributed by atoms with van der Waals surface area (Å²) < 4.78 is 5.92. The van der Waals surface area contributed by atoms with Gasteiger partial charge < -0.3 is 4.74 Å². The summed E-state index contributed by atoms with van der Waals surface area (Å²) in [5.74, 6) is 1.70. The van der Waals surface area contributed by atoms with Crippen molar-refractivity contribution < 1.29 is 9.53 Å². The summed E-state index contributed by atoms with van der Waals surface area (Å²) in [7, 11) is 0. The van der Waals surface area contributed by atoms with Crippen LogP contribution in [0.4, 0.5) is 0 Å². The van der Waals surface area contributed by atoms with E-state index in [9.17, 15) is 4.79 Å². The van der Waals surface area contributed by atoms with Gasteiger partial charge in [-0.2, -0.15) is 0 Å². The highest BCUT2D eigenvalue weighted by molar-refractivity contribution is 7.99. The maximum atomic E-state index is 13.6. The lowest BCUT2D eigenvalue weighted by molar-refractivity contribution is 0.00661. The Kier molecular flexibility index (Phi) is 11.0. The van der Waals surface area contributed by atoms with Crippen molar-refractivity contribution in [2.75, 3.05) is 11.5 Å². The van der Waals surface area contributed by atoms with Crippen molar-refractivity contribution in [2.45, 2.75) is 67.3 Å². The first-order valence-electron chi connectivity index (χ1n) is 14.1. The van der Waals surface area contributed by atoms with E-state index in [-0.39, 0.29) is 11.4 Å². The molecular weight excluding hydrogens is 529 g/mol. The third kappa shape index (κ3) is 9.04. The van der Waals surface area contributed by atoms with E-state index in [0.717, 1.165) is 42.8 Å². The summed E-state index contributed by atoms with van der Waals surface area (Å²) in [5.41, 5.74) is 2.39. The van der Waals surface area contributed by atoms with E-state index in [4.69, 9.17) is 4.74 Å². The summed E-state index contributed by atoms with van der Waals surface area (Å²) in [6.07, 6.45) is 3.85. The minimum absolute atomic E-state index is 0.188. The number of aryl methyl sites for hydroxylation is 1. The first-order valence-corrected chi connectivity index (χ1v) is 16.0.